The van der Waals surface area contributed by atoms with Crippen LogP contribution in [0.1, 0.15) is 33.4 Å². The number of carbonyl (C=O) groups is 3. The maximum Gasteiger partial charge on any atom is 0.407 e. The lowest BCUT2D eigenvalue weighted by Gasteiger charge is -2.51. The molecule has 3 aliphatic rings. The van der Waals surface area contributed by atoms with E-state index in [4.69, 9.17) is 171 Å². The highest BCUT2D eigenvalue weighted by molar-refractivity contribution is 6.68. The second-order valence-corrected chi connectivity index (χ2v) is 30.8. The van der Waals surface area contributed by atoms with Crippen molar-refractivity contribution in [1.29, 1.82) is 0 Å². The molecule has 22 nitrogen and oxygen atoms in total. The van der Waals surface area contributed by atoms with Gasteiger partial charge in [0.15, 0.2) is 18.9 Å². The van der Waals surface area contributed by atoms with E-state index in [-0.39, 0.29) is 59.5 Å². The van der Waals surface area contributed by atoms with Gasteiger partial charge >= 0.3 is 18.3 Å². The number of halogens is 9. The summed E-state index contributed by atoms with van der Waals surface area (Å²) in [5, 5.41) is 32.8. The Bertz CT molecular complexity index is 3390. The van der Waals surface area contributed by atoms with Gasteiger partial charge in [0, 0.05) is 0 Å². The second-order valence-electron chi connectivity index (χ2n) is 23.2. The number of aliphatic hydroxyl groups is 2. The third-order valence-corrected chi connectivity index (χ3v) is 16.5. The van der Waals surface area contributed by atoms with Gasteiger partial charge in [-0.15, -0.1) is 0 Å². The van der Waals surface area contributed by atoms with Gasteiger partial charge in [0.25, 0.3) is 0 Å². The van der Waals surface area contributed by atoms with Crippen molar-refractivity contribution in [1.82, 2.24) is 16.0 Å². The standard InChI is InChI=1S/C69H74Cl9N3O19/c70-67(71,72)40-93-64(84)79-52-59(91-35-47-27-15-5-16-28-47)56(50(96-61(52)83)38-88-32-44-21-9-2-10-22-44)99-63-54(81-66(86)95-42-69(76,77)78)60(92-36-48-29-17-6-18-30-48)57(51(98-63)39-89-33-45-23-11-3-12-24-45)100-62-53(80-65(85)94-41-68(73,74)75)58(90-34-46-25-13-4-14-26-46)55(82)49(97-62)37-87-31-43-19-7-1-8-20-43/h1-30,49-63,82-83H,31-42H2,(H,79,84)(H,80,85)(H,81,86)/t49-,50-,51-,52-,53-,54-,55-,56-,57-,58-,59-,60-,61?,62+,63+/m1/s1. The van der Waals surface area contributed by atoms with Gasteiger partial charge in [0.2, 0.25) is 11.4 Å². The molecule has 3 heterocycles. The van der Waals surface area contributed by atoms with Crippen LogP contribution in [-0.2, 0) is 106 Å². The van der Waals surface area contributed by atoms with Crippen LogP contribution in [0.15, 0.2) is 182 Å². The second kappa shape index (κ2) is 39.4. The normalized spacial score (nSPS) is 25.6. The molecule has 0 radical (unpaired) electrons. The minimum atomic E-state index is -2.13. The molecule has 3 amide bonds. The van der Waals surface area contributed by atoms with Crippen LogP contribution in [0.3, 0.4) is 0 Å². The molecule has 31 heteroatoms. The molecule has 0 spiro atoms. The van der Waals surface area contributed by atoms with Crippen LogP contribution < -0.4 is 16.0 Å². The number of aliphatic hydroxyl groups excluding tert-OH is 2. The minimum absolute atomic E-state index is 0.00655. The van der Waals surface area contributed by atoms with Crippen molar-refractivity contribution < 1.29 is 90.9 Å². The molecule has 6 aromatic carbocycles. The molecule has 6 aromatic rings. The lowest BCUT2D eigenvalue weighted by atomic mass is 9.93. The summed E-state index contributed by atoms with van der Waals surface area (Å²) in [6, 6.07) is 49.8. The lowest BCUT2D eigenvalue weighted by molar-refractivity contribution is -0.360. The first-order valence-corrected chi connectivity index (χ1v) is 34.9. The lowest BCUT2D eigenvalue weighted by Crippen LogP contribution is -2.71. The van der Waals surface area contributed by atoms with E-state index in [9.17, 15) is 24.6 Å². The number of carbonyl (C=O) groups excluding carboxylic acids is 3. The fourth-order valence-corrected chi connectivity index (χ4v) is 11.4. The first-order chi connectivity index (χ1) is 48.0. The number of nitrogens with one attached hydrogen (secondary N) is 3. The Hall–Kier alpha value is -4.78. The first kappa shape index (κ1) is 79.3. The fourth-order valence-electron chi connectivity index (χ4n) is 11.0. The summed E-state index contributed by atoms with van der Waals surface area (Å²) in [7, 11) is 0. The number of benzene rings is 6. The van der Waals surface area contributed by atoms with Gasteiger partial charge in [0.05, 0.1) is 59.5 Å². The fraction of sp³-hybridized carbons (Fsp3) is 0.435. The van der Waals surface area contributed by atoms with Gasteiger partial charge in [0.1, 0.15) is 92.9 Å². The maximum atomic E-state index is 14.6. The van der Waals surface area contributed by atoms with Crippen molar-refractivity contribution in [2.75, 3.05) is 39.6 Å². The Morgan fingerprint density at radius 3 is 0.960 bits per heavy atom. The van der Waals surface area contributed by atoms with Crippen LogP contribution in [0, 0.1) is 0 Å². The average Bonchev–Trinajstić information content (AvgIpc) is 0.753. The summed E-state index contributed by atoms with van der Waals surface area (Å²) in [6.07, 6.45) is -22.1. The molecule has 0 aliphatic carbocycles. The van der Waals surface area contributed by atoms with Crippen molar-refractivity contribution in [3.63, 3.8) is 0 Å². The number of alkyl carbamates (subject to hydrolysis) is 3. The Morgan fingerprint density at radius 2 is 0.620 bits per heavy atom. The van der Waals surface area contributed by atoms with Crippen LogP contribution in [0.5, 0.6) is 0 Å². The van der Waals surface area contributed by atoms with Crippen molar-refractivity contribution >= 4 is 123 Å². The molecule has 542 valence electrons. The summed E-state index contributed by atoms with van der Waals surface area (Å²) in [4.78, 5) is 42.6. The average molecular weight is 1570 g/mol. The van der Waals surface area contributed by atoms with Gasteiger partial charge in [-0.2, -0.15) is 0 Å². The zero-order valence-electron chi connectivity index (χ0n) is 53.2. The van der Waals surface area contributed by atoms with Gasteiger partial charge in [-0.05, 0) is 33.4 Å². The zero-order chi connectivity index (χ0) is 71.1. The number of hydrogen-bond donors (Lipinski definition) is 5. The highest BCUT2D eigenvalue weighted by Gasteiger charge is 2.57. The molecule has 5 N–H and O–H groups in total. The Labute approximate surface area is 623 Å². The van der Waals surface area contributed by atoms with Gasteiger partial charge < -0.3 is 92.5 Å². The van der Waals surface area contributed by atoms with Crippen molar-refractivity contribution in [2.45, 2.75) is 143 Å². The molecule has 100 heavy (non-hydrogen) atoms. The number of alkyl halides is 9. The molecule has 0 bridgehead atoms. The van der Waals surface area contributed by atoms with Gasteiger partial charge in [-0.1, -0.05) is 286 Å². The molecule has 1 unspecified atom stereocenters. The van der Waals surface area contributed by atoms with Crippen molar-refractivity contribution in [3.05, 3.63) is 215 Å². The smallest absolute Gasteiger partial charge is 0.407 e. The predicted octanol–water partition coefficient (Wildman–Crippen LogP) is 12.1. The van der Waals surface area contributed by atoms with Gasteiger partial charge in [-0.25, -0.2) is 14.4 Å². The third-order valence-electron chi connectivity index (χ3n) is 15.6. The van der Waals surface area contributed by atoms with Crippen LogP contribution in [0.25, 0.3) is 0 Å². The first-order valence-electron chi connectivity index (χ1n) is 31.5. The van der Waals surface area contributed by atoms with E-state index in [1.165, 1.54) is 0 Å². The van der Waals surface area contributed by atoms with E-state index in [0.29, 0.717) is 16.7 Å². The van der Waals surface area contributed by atoms with E-state index in [1.807, 2.05) is 97.1 Å². The number of ether oxygens (including phenoxy) is 14. The molecule has 0 saturated carbocycles. The molecule has 15 atom stereocenters. The summed E-state index contributed by atoms with van der Waals surface area (Å²) in [5.41, 5.74) is 4.26. The maximum absolute atomic E-state index is 14.6. The Balaban J connectivity index is 1.18. The van der Waals surface area contributed by atoms with E-state index in [1.54, 1.807) is 84.9 Å². The minimum Gasteiger partial charge on any atom is -0.445 e. The van der Waals surface area contributed by atoms with Crippen LogP contribution in [0.4, 0.5) is 14.4 Å². The molecule has 9 rings (SSSR count). The molecule has 3 saturated heterocycles. The van der Waals surface area contributed by atoms with Crippen LogP contribution in [-0.4, -0.2) is 171 Å². The summed E-state index contributed by atoms with van der Waals surface area (Å²) in [5.74, 6) is 0. The molecular formula is C69H74Cl9N3O19. The summed E-state index contributed by atoms with van der Waals surface area (Å²) < 4.78 is 84.5. The molecule has 0 aromatic heterocycles. The van der Waals surface area contributed by atoms with E-state index < -0.39 is 141 Å². The summed E-state index contributed by atoms with van der Waals surface area (Å²) >= 11 is 54.9. The Morgan fingerprint density at radius 1 is 0.350 bits per heavy atom. The number of hydrogen-bond acceptors (Lipinski definition) is 19. The Kier molecular flexibility index (Phi) is 31.2. The quantitative estimate of drug-likeness (QED) is 0.0200. The van der Waals surface area contributed by atoms with E-state index >= 15 is 0 Å². The molecule has 3 fully saturated rings. The highest BCUT2D eigenvalue weighted by Crippen LogP contribution is 2.38. The highest BCUT2D eigenvalue weighted by atomic mass is 35.6. The number of amides is 3. The zero-order valence-corrected chi connectivity index (χ0v) is 60.0. The van der Waals surface area contributed by atoms with Crippen LogP contribution >= 0.6 is 104 Å². The SMILES string of the molecule is O=C(N[C@H]1[C@H](O[C@H]2[C@H](OCc3ccccc3)[C@@H](NC(=O)OCC(Cl)(Cl)Cl)C(O)O[C@@H]2COCc2ccccc2)O[C@H](COCc2ccccc2)[C@@H](O[C@@H]2O[C@H](COCc3ccccc3)[C@@H](O)[C@H](OCc3ccccc3)[C@H]2NC(=O)OCC(Cl)(Cl)Cl)[C@@H]1OCc1ccccc1)OCC(Cl)(Cl)Cl. The molecule has 3 aliphatic heterocycles. The summed E-state index contributed by atoms with van der Waals surface area (Å²) in [6.45, 7) is -3.59. The van der Waals surface area contributed by atoms with Crippen LogP contribution in [0.2, 0.25) is 0 Å². The van der Waals surface area contributed by atoms with E-state index in [2.05, 4.69) is 16.0 Å². The predicted molar refractivity (Wildman–Crippen MR) is 373 cm³/mol. The number of rotatable bonds is 31. The monoisotopic (exact) mass is 1560 g/mol. The third kappa shape index (κ3) is 26.1. The van der Waals surface area contributed by atoms with Crippen molar-refractivity contribution in [2.24, 2.45) is 0 Å². The molecular weight excluding hydrogens is 1490 g/mol. The topological polar surface area (TPSA) is 257 Å². The van der Waals surface area contributed by atoms with E-state index in [0.717, 1.165) is 16.7 Å². The largest absolute Gasteiger partial charge is 0.445 e. The van der Waals surface area contributed by atoms with Gasteiger partial charge in [-0.3, -0.25) is 0 Å². The van der Waals surface area contributed by atoms with Crippen molar-refractivity contribution in [3.8, 4) is 0 Å².